The van der Waals surface area contributed by atoms with Gasteiger partial charge in [-0.3, -0.25) is 0 Å². The Hall–Kier alpha value is -1.74. The minimum absolute atomic E-state index is 0.168. The quantitative estimate of drug-likeness (QED) is 0.863. The Kier molecular flexibility index (Phi) is 5.47. The van der Waals surface area contributed by atoms with Gasteiger partial charge in [-0.2, -0.15) is 8.78 Å². The van der Waals surface area contributed by atoms with Gasteiger partial charge in [-0.05, 0) is 50.1 Å². The third kappa shape index (κ3) is 3.68. The van der Waals surface area contributed by atoms with Crippen LogP contribution in [0.5, 0.6) is 0 Å². The second-order valence-corrected chi connectivity index (χ2v) is 8.65. The summed E-state index contributed by atoms with van der Waals surface area (Å²) in [6, 6.07) is 5.01. The van der Waals surface area contributed by atoms with Crippen molar-refractivity contribution in [3.05, 3.63) is 24.3 Å². The summed E-state index contributed by atoms with van der Waals surface area (Å²) in [5, 5.41) is 2.77. The Morgan fingerprint density at radius 3 is 2.46 bits per heavy atom. The van der Waals surface area contributed by atoms with Crippen molar-refractivity contribution in [1.82, 2.24) is 9.80 Å². The van der Waals surface area contributed by atoms with Crippen molar-refractivity contribution in [3.8, 4) is 0 Å². The van der Waals surface area contributed by atoms with Gasteiger partial charge in [0.05, 0.1) is 4.90 Å². The summed E-state index contributed by atoms with van der Waals surface area (Å²) in [6.45, 7) is 4.89. The first kappa shape index (κ1) is 19.0. The molecule has 2 atom stereocenters. The van der Waals surface area contributed by atoms with Crippen LogP contribution in [-0.4, -0.2) is 61.7 Å². The molecule has 2 aliphatic heterocycles. The lowest BCUT2D eigenvalue weighted by molar-refractivity contribution is 0.184. The summed E-state index contributed by atoms with van der Waals surface area (Å²) in [6.07, 6.45) is 2.89. The maximum Gasteiger partial charge on any atom is 0.341 e. The number of halogens is 2. The second kappa shape index (κ2) is 7.48. The molecule has 144 valence electrons. The molecule has 26 heavy (non-hydrogen) atoms. The van der Waals surface area contributed by atoms with Crippen LogP contribution in [0.25, 0.3) is 0 Å². The zero-order valence-electron chi connectivity index (χ0n) is 14.6. The van der Waals surface area contributed by atoms with Crippen molar-refractivity contribution < 1.29 is 22.0 Å². The van der Waals surface area contributed by atoms with Crippen LogP contribution in [0, 0.1) is 0 Å². The van der Waals surface area contributed by atoms with E-state index in [0.717, 1.165) is 51.0 Å². The lowest BCUT2D eigenvalue weighted by Crippen LogP contribution is -2.45. The first-order valence-corrected chi connectivity index (χ1v) is 10.3. The van der Waals surface area contributed by atoms with Gasteiger partial charge in [0.2, 0.25) is 9.84 Å². The standard InChI is InChI=1S/C17H23F2N3O3S/c1-2-21-10-9-13-5-6-14(11-21)22(13)17(23)20-12-3-7-15(8-4-12)26(24,25)16(18)19/h3-4,7-8,13-14,16H,2,5-6,9-11H2,1H3,(H,20,23). The summed E-state index contributed by atoms with van der Waals surface area (Å²) in [4.78, 5) is 16.5. The minimum Gasteiger partial charge on any atom is -0.317 e. The number of sulfone groups is 1. The molecule has 2 saturated heterocycles. The minimum atomic E-state index is -4.63. The molecule has 0 radical (unpaired) electrons. The number of amides is 2. The van der Waals surface area contributed by atoms with Gasteiger partial charge in [0.15, 0.2) is 0 Å². The summed E-state index contributed by atoms with van der Waals surface area (Å²) < 4.78 is 48.1. The van der Waals surface area contributed by atoms with E-state index in [1.165, 1.54) is 12.1 Å². The Balaban J connectivity index is 1.70. The van der Waals surface area contributed by atoms with Crippen LogP contribution >= 0.6 is 0 Å². The molecule has 6 nitrogen and oxygen atoms in total. The van der Waals surface area contributed by atoms with Crippen molar-refractivity contribution in [2.24, 2.45) is 0 Å². The third-order valence-electron chi connectivity index (χ3n) is 5.22. The van der Waals surface area contributed by atoms with Crippen molar-refractivity contribution >= 4 is 21.6 Å². The number of nitrogens with one attached hydrogen (secondary N) is 1. The highest BCUT2D eigenvalue weighted by molar-refractivity contribution is 7.91. The van der Waals surface area contributed by atoms with Crippen LogP contribution in [0.4, 0.5) is 19.3 Å². The fourth-order valence-electron chi connectivity index (χ4n) is 3.78. The Labute approximate surface area is 152 Å². The monoisotopic (exact) mass is 387 g/mol. The lowest BCUT2D eigenvalue weighted by atomic mass is 10.1. The van der Waals surface area contributed by atoms with Crippen LogP contribution < -0.4 is 5.32 Å². The maximum absolute atomic E-state index is 12.7. The Morgan fingerprint density at radius 1 is 1.19 bits per heavy atom. The van der Waals surface area contributed by atoms with E-state index in [9.17, 15) is 22.0 Å². The topological polar surface area (TPSA) is 69.7 Å². The van der Waals surface area contributed by atoms with Crippen LogP contribution in [0.1, 0.15) is 26.2 Å². The fraction of sp³-hybridized carbons (Fsp3) is 0.588. The summed E-state index contributed by atoms with van der Waals surface area (Å²) >= 11 is 0. The molecule has 0 saturated carbocycles. The summed E-state index contributed by atoms with van der Waals surface area (Å²) in [5.41, 5.74) is 0.388. The molecule has 3 rings (SSSR count). The molecule has 2 amide bonds. The zero-order valence-corrected chi connectivity index (χ0v) is 15.4. The molecule has 2 bridgehead atoms. The van der Waals surface area contributed by atoms with Crippen LogP contribution in [-0.2, 0) is 9.84 Å². The highest BCUT2D eigenvalue weighted by atomic mass is 32.2. The van der Waals surface area contributed by atoms with Crippen molar-refractivity contribution in [1.29, 1.82) is 0 Å². The van der Waals surface area contributed by atoms with E-state index in [4.69, 9.17) is 0 Å². The van der Waals surface area contributed by atoms with E-state index < -0.39 is 20.5 Å². The molecule has 9 heteroatoms. The summed E-state index contributed by atoms with van der Waals surface area (Å²) in [7, 11) is -4.63. The molecule has 2 heterocycles. The van der Waals surface area contributed by atoms with Gasteiger partial charge >= 0.3 is 11.8 Å². The van der Waals surface area contributed by atoms with Gasteiger partial charge in [0.1, 0.15) is 0 Å². The molecular formula is C17H23F2N3O3S. The summed E-state index contributed by atoms with van der Waals surface area (Å²) in [5.74, 6) is -3.46. The molecule has 2 fully saturated rings. The third-order valence-corrected chi connectivity index (χ3v) is 6.62. The molecule has 1 aromatic rings. The number of carbonyl (C=O) groups is 1. The SMILES string of the molecule is CCN1CCC2CCC(C1)N2C(=O)Nc1ccc(S(=O)(=O)C(F)F)cc1. The highest BCUT2D eigenvalue weighted by Gasteiger charge is 2.39. The smallest absolute Gasteiger partial charge is 0.317 e. The molecule has 2 aliphatic rings. The van der Waals surface area contributed by atoms with Gasteiger partial charge < -0.3 is 15.1 Å². The van der Waals surface area contributed by atoms with Gasteiger partial charge in [0, 0.05) is 30.9 Å². The Morgan fingerprint density at radius 2 is 1.85 bits per heavy atom. The van der Waals surface area contributed by atoms with E-state index in [0.29, 0.717) is 5.69 Å². The van der Waals surface area contributed by atoms with Gasteiger partial charge in [-0.15, -0.1) is 0 Å². The number of anilines is 1. The molecule has 2 unspecified atom stereocenters. The average Bonchev–Trinajstić information content (AvgIpc) is 2.90. The number of alkyl halides is 2. The van der Waals surface area contributed by atoms with E-state index in [1.807, 2.05) is 4.90 Å². The normalized spacial score (nSPS) is 23.9. The number of hydrogen-bond acceptors (Lipinski definition) is 4. The van der Waals surface area contributed by atoms with Crippen molar-refractivity contribution in [2.75, 3.05) is 25.0 Å². The number of benzene rings is 1. The van der Waals surface area contributed by atoms with Crippen molar-refractivity contribution in [2.45, 2.75) is 48.9 Å². The van der Waals surface area contributed by atoms with Gasteiger partial charge in [-0.1, -0.05) is 6.92 Å². The fourth-order valence-corrected chi connectivity index (χ4v) is 4.50. The number of hydrogen-bond donors (Lipinski definition) is 1. The molecule has 0 aromatic heterocycles. The van der Waals surface area contributed by atoms with Crippen LogP contribution in [0.15, 0.2) is 29.2 Å². The van der Waals surface area contributed by atoms with Crippen LogP contribution in [0.2, 0.25) is 0 Å². The van der Waals surface area contributed by atoms with E-state index in [1.54, 1.807) is 0 Å². The molecular weight excluding hydrogens is 364 g/mol. The molecule has 1 aromatic carbocycles. The number of urea groups is 1. The molecule has 1 N–H and O–H groups in total. The maximum atomic E-state index is 12.7. The van der Waals surface area contributed by atoms with Gasteiger partial charge in [0.25, 0.3) is 0 Å². The number of fused-ring (bicyclic) bond motifs is 2. The van der Waals surface area contributed by atoms with E-state index in [-0.39, 0.29) is 18.1 Å². The molecule has 0 aliphatic carbocycles. The molecule has 0 spiro atoms. The number of rotatable bonds is 4. The predicted molar refractivity (Wildman–Crippen MR) is 94.0 cm³/mol. The number of likely N-dealkylation sites (tertiary alicyclic amines) is 1. The first-order valence-electron chi connectivity index (χ1n) is 8.76. The zero-order chi connectivity index (χ0) is 18.9. The lowest BCUT2D eigenvalue weighted by Gasteiger charge is -2.29. The highest BCUT2D eigenvalue weighted by Crippen LogP contribution is 2.31. The largest absolute Gasteiger partial charge is 0.341 e. The predicted octanol–water partition coefficient (Wildman–Crippen LogP) is 2.77. The Bertz CT molecular complexity index is 755. The van der Waals surface area contributed by atoms with E-state index >= 15 is 0 Å². The van der Waals surface area contributed by atoms with E-state index in [2.05, 4.69) is 17.1 Å². The number of carbonyl (C=O) groups excluding carboxylic acids is 1. The number of nitrogens with zero attached hydrogens (tertiary/aromatic N) is 2. The number of likely N-dealkylation sites (N-methyl/N-ethyl adjacent to an activating group) is 1. The first-order chi connectivity index (χ1) is 12.3. The van der Waals surface area contributed by atoms with Crippen molar-refractivity contribution in [3.63, 3.8) is 0 Å². The average molecular weight is 387 g/mol. The van der Waals surface area contributed by atoms with Gasteiger partial charge in [-0.25, -0.2) is 13.2 Å². The second-order valence-electron chi connectivity index (χ2n) is 6.73. The van der Waals surface area contributed by atoms with Crippen LogP contribution in [0.3, 0.4) is 0 Å².